The normalized spacial score (nSPS) is 14.4. The number of rotatable bonds is 7. The van der Waals surface area contributed by atoms with Crippen molar-refractivity contribution in [1.82, 2.24) is 4.31 Å². The monoisotopic (exact) mass is 476 g/mol. The van der Waals surface area contributed by atoms with E-state index in [9.17, 15) is 22.0 Å². The maximum Gasteiger partial charge on any atom is 0.258 e. The molecule has 0 N–H and O–H groups in total. The zero-order chi connectivity index (χ0) is 23.6. The van der Waals surface area contributed by atoms with E-state index in [0.29, 0.717) is 24.9 Å². The number of ether oxygens (including phenoxy) is 1. The van der Waals surface area contributed by atoms with Crippen molar-refractivity contribution in [2.24, 2.45) is 0 Å². The first-order valence-corrected chi connectivity index (χ1v) is 11.7. The van der Waals surface area contributed by atoms with Crippen molar-refractivity contribution in [2.75, 3.05) is 25.1 Å². The van der Waals surface area contributed by atoms with Gasteiger partial charge in [-0.2, -0.15) is 4.31 Å². The Balaban J connectivity index is 1.77. The molecule has 174 valence electrons. The number of methoxy groups -OCH3 is 1. The second-order valence-electron chi connectivity index (χ2n) is 7.54. The zero-order valence-corrected chi connectivity index (χ0v) is 18.6. The molecular formula is C23H22F2N2O5S. The Morgan fingerprint density at radius 2 is 1.88 bits per heavy atom. The van der Waals surface area contributed by atoms with Gasteiger partial charge in [-0.3, -0.25) is 9.69 Å². The molecule has 1 amide bonds. The molecule has 0 atom stereocenters. The molecule has 33 heavy (non-hydrogen) atoms. The molecule has 0 spiro atoms. The molecule has 2 aromatic carbocycles. The van der Waals surface area contributed by atoms with E-state index in [1.54, 1.807) is 12.1 Å². The number of hydrogen-bond acceptors (Lipinski definition) is 5. The topological polar surface area (TPSA) is 80.1 Å². The minimum atomic E-state index is -3.90. The maximum absolute atomic E-state index is 14.6. The van der Waals surface area contributed by atoms with Crippen LogP contribution in [-0.2, 0) is 16.6 Å². The number of benzene rings is 2. The largest absolute Gasteiger partial charge is 0.495 e. The fraction of sp³-hybridized carbons (Fsp3) is 0.261. The van der Waals surface area contributed by atoms with E-state index < -0.39 is 27.6 Å². The third-order valence-corrected chi connectivity index (χ3v) is 7.35. The SMILES string of the molecule is COc1ccc(C(=O)N(Cc2ccco2)c2ccc(F)cc2F)cc1S(=O)(=O)N1CCCC1. The molecule has 1 aromatic heterocycles. The van der Waals surface area contributed by atoms with Crippen LogP contribution in [0.1, 0.15) is 29.0 Å². The highest BCUT2D eigenvalue weighted by molar-refractivity contribution is 7.89. The predicted molar refractivity (Wildman–Crippen MR) is 117 cm³/mol. The van der Waals surface area contributed by atoms with Crippen LogP contribution in [-0.4, -0.2) is 38.8 Å². The fourth-order valence-corrected chi connectivity index (χ4v) is 5.46. The van der Waals surface area contributed by atoms with Crippen LogP contribution in [0.5, 0.6) is 5.75 Å². The first-order valence-electron chi connectivity index (χ1n) is 10.3. The summed E-state index contributed by atoms with van der Waals surface area (Å²) in [6.07, 6.45) is 2.91. The van der Waals surface area contributed by atoms with Crippen molar-refractivity contribution in [3.8, 4) is 5.75 Å². The molecule has 4 rings (SSSR count). The standard InChI is InChI=1S/C23H22F2N2O5S/c1-31-21-9-6-16(13-22(21)33(29,30)26-10-2-3-11-26)23(28)27(15-18-5-4-12-32-18)20-8-7-17(24)14-19(20)25/h4-9,12-14H,2-3,10-11,15H2,1H3. The van der Waals surface area contributed by atoms with Gasteiger partial charge in [-0.15, -0.1) is 0 Å². The van der Waals surface area contributed by atoms with Gasteiger partial charge in [0.1, 0.15) is 28.0 Å². The van der Waals surface area contributed by atoms with E-state index in [0.717, 1.165) is 29.9 Å². The molecule has 0 bridgehead atoms. The summed E-state index contributed by atoms with van der Waals surface area (Å²) in [5.41, 5.74) is -0.165. The highest BCUT2D eigenvalue weighted by Crippen LogP contribution is 2.31. The highest BCUT2D eigenvalue weighted by Gasteiger charge is 2.32. The fourth-order valence-electron chi connectivity index (χ4n) is 3.76. The first kappa shape index (κ1) is 22.9. The Kier molecular flexibility index (Phi) is 6.48. The molecule has 2 heterocycles. The lowest BCUT2D eigenvalue weighted by molar-refractivity contribution is 0.0982. The summed E-state index contributed by atoms with van der Waals surface area (Å²) in [5, 5.41) is 0. The Morgan fingerprint density at radius 3 is 2.52 bits per heavy atom. The summed E-state index contributed by atoms with van der Waals surface area (Å²) in [7, 11) is -2.55. The van der Waals surface area contributed by atoms with Gasteiger partial charge >= 0.3 is 0 Å². The number of anilines is 1. The van der Waals surface area contributed by atoms with Crippen LogP contribution in [0.25, 0.3) is 0 Å². The number of sulfonamides is 1. The quantitative estimate of drug-likeness (QED) is 0.511. The smallest absolute Gasteiger partial charge is 0.258 e. The van der Waals surface area contributed by atoms with E-state index >= 15 is 0 Å². The van der Waals surface area contributed by atoms with Crippen LogP contribution >= 0.6 is 0 Å². The average Bonchev–Trinajstić information content (AvgIpc) is 3.52. The molecule has 10 heteroatoms. The number of amides is 1. The van der Waals surface area contributed by atoms with Gasteiger partial charge in [0.2, 0.25) is 10.0 Å². The molecule has 0 radical (unpaired) electrons. The van der Waals surface area contributed by atoms with Crippen molar-refractivity contribution >= 4 is 21.6 Å². The van der Waals surface area contributed by atoms with Crippen LogP contribution in [0.15, 0.2) is 64.1 Å². The predicted octanol–water partition coefficient (Wildman–Crippen LogP) is 4.20. The van der Waals surface area contributed by atoms with Crippen LogP contribution in [0.3, 0.4) is 0 Å². The minimum Gasteiger partial charge on any atom is -0.495 e. The molecule has 1 aliphatic rings. The first-order chi connectivity index (χ1) is 15.8. The number of furan rings is 1. The summed E-state index contributed by atoms with van der Waals surface area (Å²) >= 11 is 0. The van der Waals surface area contributed by atoms with Gasteiger partial charge in [-0.25, -0.2) is 17.2 Å². The second-order valence-corrected chi connectivity index (χ2v) is 9.45. The summed E-state index contributed by atoms with van der Waals surface area (Å²) in [4.78, 5) is 14.4. The number of carbonyl (C=O) groups excluding carboxylic acids is 1. The van der Waals surface area contributed by atoms with Gasteiger partial charge in [0.25, 0.3) is 5.91 Å². The van der Waals surface area contributed by atoms with Crippen LogP contribution < -0.4 is 9.64 Å². The van der Waals surface area contributed by atoms with E-state index in [1.165, 1.54) is 35.9 Å². The average molecular weight is 477 g/mol. The van der Waals surface area contributed by atoms with Crippen LogP contribution in [0.4, 0.5) is 14.5 Å². The molecule has 0 aliphatic carbocycles. The maximum atomic E-state index is 14.6. The lowest BCUT2D eigenvalue weighted by Crippen LogP contribution is -2.32. The van der Waals surface area contributed by atoms with Gasteiger partial charge in [0, 0.05) is 24.7 Å². The summed E-state index contributed by atoms with van der Waals surface area (Å²) in [5.74, 6) is -1.94. The number of nitrogens with zero attached hydrogens (tertiary/aromatic N) is 2. The molecule has 1 fully saturated rings. The molecule has 3 aromatic rings. The number of carbonyl (C=O) groups is 1. The summed E-state index contributed by atoms with van der Waals surface area (Å²) in [6.45, 7) is 0.624. The summed E-state index contributed by atoms with van der Waals surface area (Å²) < 4.78 is 66.3. The van der Waals surface area contributed by atoms with Crippen molar-refractivity contribution < 1.29 is 31.1 Å². The Bertz CT molecular complexity index is 1260. The second kappa shape index (κ2) is 9.32. The van der Waals surface area contributed by atoms with E-state index in [1.807, 2.05) is 0 Å². The number of halogens is 2. The van der Waals surface area contributed by atoms with E-state index in [4.69, 9.17) is 9.15 Å². The molecule has 0 saturated carbocycles. The third kappa shape index (κ3) is 4.62. The summed E-state index contributed by atoms with van der Waals surface area (Å²) in [6, 6.07) is 10.1. The Hall–Kier alpha value is -3.24. The molecule has 1 saturated heterocycles. The zero-order valence-electron chi connectivity index (χ0n) is 17.8. The van der Waals surface area contributed by atoms with Gasteiger partial charge in [0.15, 0.2) is 0 Å². The number of hydrogen-bond donors (Lipinski definition) is 0. The van der Waals surface area contributed by atoms with Crippen LogP contribution in [0.2, 0.25) is 0 Å². The van der Waals surface area contributed by atoms with Crippen molar-refractivity contribution in [1.29, 1.82) is 0 Å². The minimum absolute atomic E-state index is 0.00357. The third-order valence-electron chi connectivity index (χ3n) is 5.43. The van der Waals surface area contributed by atoms with Crippen molar-refractivity contribution in [3.63, 3.8) is 0 Å². The van der Waals surface area contributed by atoms with Gasteiger partial charge < -0.3 is 9.15 Å². The van der Waals surface area contributed by atoms with Crippen molar-refractivity contribution in [3.05, 3.63) is 77.8 Å². The molecule has 7 nitrogen and oxygen atoms in total. The van der Waals surface area contributed by atoms with Crippen molar-refractivity contribution in [2.45, 2.75) is 24.3 Å². The Labute approximate surface area is 190 Å². The lowest BCUT2D eigenvalue weighted by Gasteiger charge is -2.23. The molecular weight excluding hydrogens is 454 g/mol. The lowest BCUT2D eigenvalue weighted by atomic mass is 10.1. The van der Waals surface area contributed by atoms with Crippen LogP contribution in [0, 0.1) is 11.6 Å². The molecule has 0 unspecified atom stereocenters. The molecule has 1 aliphatic heterocycles. The van der Waals surface area contributed by atoms with E-state index in [-0.39, 0.29) is 28.4 Å². The highest BCUT2D eigenvalue weighted by atomic mass is 32.2. The Morgan fingerprint density at radius 1 is 1.12 bits per heavy atom. The van der Waals surface area contributed by atoms with E-state index in [2.05, 4.69) is 0 Å². The van der Waals surface area contributed by atoms with Gasteiger partial charge in [-0.05, 0) is 55.3 Å². The van der Waals surface area contributed by atoms with Gasteiger partial charge in [0.05, 0.1) is 25.6 Å². The van der Waals surface area contributed by atoms with Gasteiger partial charge in [-0.1, -0.05) is 0 Å².